The van der Waals surface area contributed by atoms with Crippen LogP contribution >= 0.6 is 23.2 Å². The van der Waals surface area contributed by atoms with Crippen molar-refractivity contribution in [1.29, 1.82) is 0 Å². The first-order chi connectivity index (χ1) is 11.5. The highest BCUT2D eigenvalue weighted by Crippen LogP contribution is 2.23. The van der Waals surface area contributed by atoms with Crippen molar-refractivity contribution < 1.29 is 4.39 Å². The maximum Gasteiger partial charge on any atom is 0.274 e. The van der Waals surface area contributed by atoms with Crippen LogP contribution in [0.1, 0.15) is 11.3 Å². The molecule has 0 aliphatic heterocycles. The molecule has 0 aliphatic carbocycles. The van der Waals surface area contributed by atoms with E-state index >= 15 is 0 Å². The Balaban J connectivity index is 1.79. The van der Waals surface area contributed by atoms with Crippen LogP contribution in [0.4, 0.5) is 16.0 Å². The molecule has 0 amide bonds. The van der Waals surface area contributed by atoms with Gasteiger partial charge in [-0.25, -0.2) is 4.39 Å². The largest absolute Gasteiger partial charge is 0.324 e. The fraction of sp³-hybridized carbons (Fsp3) is 0.0625. The van der Waals surface area contributed by atoms with Crippen molar-refractivity contribution in [2.75, 3.05) is 5.32 Å². The van der Waals surface area contributed by atoms with Gasteiger partial charge in [-0.1, -0.05) is 35.3 Å². The molecule has 5 nitrogen and oxygen atoms in total. The first-order valence-corrected chi connectivity index (χ1v) is 7.68. The Morgan fingerprint density at radius 3 is 2.33 bits per heavy atom. The Bertz CT molecular complexity index is 908. The fourth-order valence-corrected chi connectivity index (χ4v) is 2.62. The molecule has 2 aromatic carbocycles. The molecule has 0 unspecified atom stereocenters. The highest BCUT2D eigenvalue weighted by atomic mass is 35.5. The van der Waals surface area contributed by atoms with Crippen molar-refractivity contribution in [3.8, 4) is 0 Å². The molecule has 1 aromatic heterocycles. The molecule has 0 aliphatic rings. The normalized spacial score (nSPS) is 10.6. The molecule has 0 atom stereocenters. The summed E-state index contributed by atoms with van der Waals surface area (Å²) >= 11 is 11.8. The second kappa shape index (κ2) is 6.98. The molecule has 24 heavy (non-hydrogen) atoms. The first kappa shape index (κ1) is 16.4. The highest BCUT2D eigenvalue weighted by Gasteiger charge is 2.07. The summed E-state index contributed by atoms with van der Waals surface area (Å²) in [4.78, 5) is 14.7. The average Bonchev–Trinajstić information content (AvgIpc) is 2.51. The summed E-state index contributed by atoms with van der Waals surface area (Å²) in [5.41, 5.74) is 1.18. The van der Waals surface area contributed by atoms with Gasteiger partial charge in [-0.15, -0.1) is 10.2 Å². The van der Waals surface area contributed by atoms with Gasteiger partial charge in [0, 0.05) is 22.2 Å². The summed E-state index contributed by atoms with van der Waals surface area (Å²) in [6, 6.07) is 10.7. The van der Waals surface area contributed by atoms with Crippen molar-refractivity contribution in [1.82, 2.24) is 15.2 Å². The van der Waals surface area contributed by atoms with E-state index in [0.29, 0.717) is 15.7 Å². The van der Waals surface area contributed by atoms with Gasteiger partial charge in [-0.05, 0) is 35.9 Å². The monoisotopic (exact) mass is 364 g/mol. The minimum absolute atomic E-state index is 0.168. The molecule has 3 aromatic rings. The molecule has 0 spiro atoms. The third kappa shape index (κ3) is 4.10. The highest BCUT2D eigenvalue weighted by molar-refractivity contribution is 6.35. The third-order valence-electron chi connectivity index (χ3n) is 3.17. The van der Waals surface area contributed by atoms with E-state index in [4.69, 9.17) is 23.2 Å². The standard InChI is InChI=1S/C16H11Cl2FN4O/c17-10-6-11(18)8-13(7-10)20-16-21-15(24)14(22-23-16)5-9-1-3-12(19)4-2-9/h1-4,6-8H,5H2,(H2,20,21,23,24). The number of halogens is 3. The Labute approximate surface area is 146 Å². The van der Waals surface area contributed by atoms with Crippen LogP contribution in [0.2, 0.25) is 10.0 Å². The van der Waals surface area contributed by atoms with E-state index in [1.54, 1.807) is 30.3 Å². The molecule has 0 radical (unpaired) electrons. The summed E-state index contributed by atoms with van der Waals surface area (Å²) in [6.07, 6.45) is 0.256. The Hall–Kier alpha value is -2.44. The average molecular weight is 365 g/mol. The number of nitrogens with one attached hydrogen (secondary N) is 2. The van der Waals surface area contributed by atoms with Crippen LogP contribution in [0.15, 0.2) is 47.3 Å². The van der Waals surface area contributed by atoms with Crippen molar-refractivity contribution >= 4 is 34.8 Å². The summed E-state index contributed by atoms with van der Waals surface area (Å²) in [6.45, 7) is 0. The van der Waals surface area contributed by atoms with E-state index in [1.807, 2.05) is 0 Å². The first-order valence-electron chi connectivity index (χ1n) is 6.93. The van der Waals surface area contributed by atoms with Crippen LogP contribution in [-0.2, 0) is 6.42 Å². The second-order valence-corrected chi connectivity index (χ2v) is 5.91. The van der Waals surface area contributed by atoms with E-state index in [2.05, 4.69) is 20.5 Å². The predicted octanol–water partition coefficient (Wildman–Crippen LogP) is 3.95. The second-order valence-electron chi connectivity index (χ2n) is 5.04. The zero-order valence-electron chi connectivity index (χ0n) is 12.2. The number of hydrogen-bond acceptors (Lipinski definition) is 4. The molecule has 0 saturated carbocycles. The SMILES string of the molecule is O=c1[nH]c(Nc2cc(Cl)cc(Cl)c2)nnc1Cc1ccc(F)cc1. The number of rotatable bonds is 4. The van der Waals surface area contributed by atoms with Crippen molar-refractivity contribution in [2.45, 2.75) is 6.42 Å². The van der Waals surface area contributed by atoms with Crippen molar-refractivity contribution in [3.63, 3.8) is 0 Å². The summed E-state index contributed by atoms with van der Waals surface area (Å²) in [5, 5.41) is 11.6. The van der Waals surface area contributed by atoms with E-state index < -0.39 is 0 Å². The lowest BCUT2D eigenvalue weighted by atomic mass is 10.1. The molecule has 3 rings (SSSR count). The Kier molecular flexibility index (Phi) is 4.78. The Morgan fingerprint density at radius 1 is 1.04 bits per heavy atom. The topological polar surface area (TPSA) is 70.7 Å². The molecule has 8 heteroatoms. The minimum atomic E-state index is -0.384. The van der Waals surface area contributed by atoms with Crippen LogP contribution < -0.4 is 10.9 Å². The maximum absolute atomic E-state index is 12.9. The number of aromatic nitrogens is 3. The zero-order chi connectivity index (χ0) is 17.1. The van der Waals surface area contributed by atoms with E-state index in [-0.39, 0.29) is 29.4 Å². The van der Waals surface area contributed by atoms with Crippen molar-refractivity contribution in [3.05, 3.63) is 79.9 Å². The molecule has 0 saturated heterocycles. The van der Waals surface area contributed by atoms with Gasteiger partial charge in [0.25, 0.3) is 5.56 Å². The van der Waals surface area contributed by atoms with Crippen molar-refractivity contribution in [2.24, 2.45) is 0 Å². The summed E-state index contributed by atoms with van der Waals surface area (Å²) in [7, 11) is 0. The number of nitrogens with zero attached hydrogens (tertiary/aromatic N) is 2. The quantitative estimate of drug-likeness (QED) is 0.735. The molecule has 122 valence electrons. The van der Waals surface area contributed by atoms with Crippen LogP contribution in [0.3, 0.4) is 0 Å². The molecule has 0 bridgehead atoms. The third-order valence-corrected chi connectivity index (χ3v) is 3.61. The minimum Gasteiger partial charge on any atom is -0.324 e. The van der Waals surface area contributed by atoms with Gasteiger partial charge >= 0.3 is 0 Å². The number of aromatic amines is 1. The van der Waals surface area contributed by atoms with Gasteiger partial charge in [0.2, 0.25) is 5.95 Å². The number of anilines is 2. The van der Waals surface area contributed by atoms with Crippen LogP contribution in [0.5, 0.6) is 0 Å². The van der Waals surface area contributed by atoms with Gasteiger partial charge < -0.3 is 5.32 Å². The lowest BCUT2D eigenvalue weighted by molar-refractivity contribution is 0.627. The predicted molar refractivity (Wildman–Crippen MR) is 91.6 cm³/mol. The lowest BCUT2D eigenvalue weighted by Gasteiger charge is -2.06. The Morgan fingerprint density at radius 2 is 1.71 bits per heavy atom. The van der Waals surface area contributed by atoms with Gasteiger partial charge in [-0.3, -0.25) is 9.78 Å². The molecular weight excluding hydrogens is 354 g/mol. The van der Waals surface area contributed by atoms with Crippen LogP contribution in [0.25, 0.3) is 0 Å². The summed E-state index contributed by atoms with van der Waals surface area (Å²) < 4.78 is 12.9. The molecule has 2 N–H and O–H groups in total. The van der Waals surface area contributed by atoms with Crippen LogP contribution in [-0.4, -0.2) is 15.2 Å². The number of benzene rings is 2. The fourth-order valence-electron chi connectivity index (χ4n) is 2.09. The molecular formula is C16H11Cl2FN4O. The van der Waals surface area contributed by atoms with Gasteiger partial charge in [0.15, 0.2) is 0 Å². The molecule has 1 heterocycles. The zero-order valence-corrected chi connectivity index (χ0v) is 13.7. The van der Waals surface area contributed by atoms with E-state index in [0.717, 1.165) is 5.56 Å². The summed E-state index contributed by atoms with van der Waals surface area (Å²) in [5.74, 6) is -0.167. The smallest absolute Gasteiger partial charge is 0.274 e. The van der Waals surface area contributed by atoms with Gasteiger partial charge in [0.1, 0.15) is 11.5 Å². The van der Waals surface area contributed by atoms with Crippen LogP contribution in [0, 0.1) is 5.82 Å². The van der Waals surface area contributed by atoms with Gasteiger partial charge in [0.05, 0.1) is 0 Å². The van der Waals surface area contributed by atoms with Gasteiger partial charge in [-0.2, -0.15) is 0 Å². The number of H-pyrrole nitrogens is 1. The van der Waals surface area contributed by atoms with E-state index in [1.165, 1.54) is 12.1 Å². The maximum atomic E-state index is 12.9. The van der Waals surface area contributed by atoms with E-state index in [9.17, 15) is 9.18 Å². The number of hydrogen-bond donors (Lipinski definition) is 2. The molecule has 0 fully saturated rings. The lowest BCUT2D eigenvalue weighted by Crippen LogP contribution is -2.18.